The van der Waals surface area contributed by atoms with Gasteiger partial charge in [-0.3, -0.25) is 14.0 Å². The fourth-order valence-electron chi connectivity index (χ4n) is 3.22. The first-order chi connectivity index (χ1) is 14.4. The maximum atomic E-state index is 12.6. The van der Waals surface area contributed by atoms with E-state index in [-0.39, 0.29) is 18.2 Å². The van der Waals surface area contributed by atoms with Crippen LogP contribution in [-0.4, -0.2) is 40.8 Å². The number of rotatable bonds is 7. The summed E-state index contributed by atoms with van der Waals surface area (Å²) < 4.78 is 6.50. The number of hydrogen-bond donors (Lipinski definition) is 2. The summed E-state index contributed by atoms with van der Waals surface area (Å²) in [6.45, 7) is 4.08. The molecule has 30 heavy (non-hydrogen) atoms. The molecule has 0 aliphatic carbocycles. The number of anilines is 1. The molecule has 156 valence electrons. The van der Waals surface area contributed by atoms with Crippen molar-refractivity contribution in [2.24, 2.45) is 0 Å². The number of imidazole rings is 1. The molecule has 2 amide bonds. The van der Waals surface area contributed by atoms with E-state index in [2.05, 4.69) is 15.6 Å². The van der Waals surface area contributed by atoms with Crippen molar-refractivity contribution in [2.75, 3.05) is 19.0 Å². The van der Waals surface area contributed by atoms with Crippen molar-refractivity contribution >= 4 is 29.1 Å². The van der Waals surface area contributed by atoms with Gasteiger partial charge in [0.2, 0.25) is 5.91 Å². The third-order valence-corrected chi connectivity index (χ3v) is 4.71. The Morgan fingerprint density at radius 3 is 2.63 bits per heavy atom. The molecule has 0 aliphatic heterocycles. The number of pyridine rings is 1. The number of hydrogen-bond acceptors (Lipinski definition) is 5. The molecule has 2 heterocycles. The molecule has 0 radical (unpaired) electrons. The molecule has 0 bridgehead atoms. The van der Waals surface area contributed by atoms with Crippen LogP contribution in [0.1, 0.15) is 44.9 Å². The molecule has 0 saturated heterocycles. The lowest BCUT2D eigenvalue weighted by atomic mass is 10.1. The topological polar surface area (TPSA) is 102 Å². The lowest BCUT2D eigenvalue weighted by molar-refractivity contribution is -0.116. The van der Waals surface area contributed by atoms with E-state index >= 15 is 0 Å². The number of nitrogens with zero attached hydrogens (tertiary/aromatic N) is 2. The highest BCUT2D eigenvalue weighted by molar-refractivity contribution is 6.01. The fraction of sp³-hybridized carbons (Fsp3) is 0.273. The molecule has 8 heteroatoms. The Labute approximate surface area is 174 Å². The third kappa shape index (κ3) is 4.48. The summed E-state index contributed by atoms with van der Waals surface area (Å²) in [4.78, 5) is 41.1. The highest BCUT2D eigenvalue weighted by atomic mass is 16.5. The minimum absolute atomic E-state index is 0.195. The quantitative estimate of drug-likeness (QED) is 0.462. The zero-order valence-electron chi connectivity index (χ0n) is 17.2. The molecule has 0 atom stereocenters. The minimum atomic E-state index is -0.517. The van der Waals surface area contributed by atoms with Gasteiger partial charge < -0.3 is 15.4 Å². The first-order valence-corrected chi connectivity index (χ1v) is 9.62. The van der Waals surface area contributed by atoms with Gasteiger partial charge in [-0.25, -0.2) is 9.78 Å². The van der Waals surface area contributed by atoms with Gasteiger partial charge in [0.1, 0.15) is 11.3 Å². The van der Waals surface area contributed by atoms with E-state index in [9.17, 15) is 14.4 Å². The van der Waals surface area contributed by atoms with E-state index in [1.807, 2.05) is 25.3 Å². The molecule has 0 aliphatic rings. The summed E-state index contributed by atoms with van der Waals surface area (Å²) in [7, 11) is 1.29. The van der Waals surface area contributed by atoms with E-state index < -0.39 is 5.97 Å². The Bertz CT molecular complexity index is 1100. The lowest BCUT2D eigenvalue weighted by Gasteiger charge is -2.10. The molecule has 0 saturated carbocycles. The van der Waals surface area contributed by atoms with Crippen LogP contribution < -0.4 is 10.6 Å². The van der Waals surface area contributed by atoms with E-state index in [1.165, 1.54) is 7.11 Å². The number of amides is 2. The van der Waals surface area contributed by atoms with Crippen LogP contribution in [0.25, 0.3) is 5.65 Å². The predicted molar refractivity (Wildman–Crippen MR) is 113 cm³/mol. The molecule has 0 fully saturated rings. The van der Waals surface area contributed by atoms with Crippen molar-refractivity contribution in [3.8, 4) is 0 Å². The van der Waals surface area contributed by atoms with Gasteiger partial charge in [0.25, 0.3) is 5.91 Å². The molecule has 1 aromatic carbocycles. The van der Waals surface area contributed by atoms with Gasteiger partial charge in [-0.05, 0) is 44.0 Å². The van der Waals surface area contributed by atoms with Crippen LogP contribution in [0.4, 0.5) is 5.69 Å². The second-order valence-electron chi connectivity index (χ2n) is 6.88. The zero-order valence-corrected chi connectivity index (χ0v) is 17.2. The second kappa shape index (κ2) is 9.21. The molecular weight excluding hydrogens is 384 g/mol. The summed E-state index contributed by atoms with van der Waals surface area (Å²) in [5.41, 5.74) is 3.58. The van der Waals surface area contributed by atoms with Gasteiger partial charge in [-0.2, -0.15) is 0 Å². The monoisotopic (exact) mass is 408 g/mol. The average Bonchev–Trinajstić information content (AvgIpc) is 3.08. The largest absolute Gasteiger partial charge is 0.465 e. The van der Waals surface area contributed by atoms with Gasteiger partial charge in [-0.15, -0.1) is 0 Å². The van der Waals surface area contributed by atoms with Crippen molar-refractivity contribution in [3.63, 3.8) is 0 Å². The maximum absolute atomic E-state index is 12.6. The Hall–Kier alpha value is -3.68. The van der Waals surface area contributed by atoms with Crippen LogP contribution in [0.3, 0.4) is 0 Å². The third-order valence-electron chi connectivity index (χ3n) is 4.71. The van der Waals surface area contributed by atoms with E-state index in [0.717, 1.165) is 11.2 Å². The number of nitrogens with one attached hydrogen (secondary N) is 2. The number of para-hydroxylation sites is 1. The van der Waals surface area contributed by atoms with Crippen molar-refractivity contribution in [1.82, 2.24) is 14.7 Å². The van der Waals surface area contributed by atoms with Crippen LogP contribution in [0.5, 0.6) is 0 Å². The van der Waals surface area contributed by atoms with Crippen LogP contribution in [0.15, 0.2) is 42.6 Å². The van der Waals surface area contributed by atoms with Crippen LogP contribution in [-0.2, 0) is 9.53 Å². The number of benzene rings is 1. The standard InChI is InChI=1S/C22H24N4O4/c1-14-8-7-13-26-19(15(2)24-20(14)26)21(28)23-12-6-11-18(27)25-17-10-5-4-9-16(17)22(29)30-3/h4-5,7-10,13H,6,11-12H2,1-3H3,(H,23,28)(H,25,27). The molecular formula is C22H24N4O4. The first-order valence-electron chi connectivity index (χ1n) is 9.62. The summed E-state index contributed by atoms with van der Waals surface area (Å²) in [6, 6.07) is 10.5. The van der Waals surface area contributed by atoms with Crippen molar-refractivity contribution in [2.45, 2.75) is 26.7 Å². The van der Waals surface area contributed by atoms with E-state index in [1.54, 1.807) is 35.6 Å². The summed E-state index contributed by atoms with van der Waals surface area (Å²) in [5.74, 6) is -0.999. The number of aryl methyl sites for hydroxylation is 2. The van der Waals surface area contributed by atoms with E-state index in [0.29, 0.717) is 35.6 Å². The van der Waals surface area contributed by atoms with Gasteiger partial charge >= 0.3 is 5.97 Å². The minimum Gasteiger partial charge on any atom is -0.465 e. The number of methoxy groups -OCH3 is 1. The molecule has 3 aromatic rings. The van der Waals surface area contributed by atoms with Gasteiger partial charge in [-0.1, -0.05) is 18.2 Å². The number of ether oxygens (including phenoxy) is 1. The van der Waals surface area contributed by atoms with Gasteiger partial charge in [0.05, 0.1) is 24.1 Å². The highest BCUT2D eigenvalue weighted by Gasteiger charge is 2.17. The molecule has 0 spiro atoms. The van der Waals surface area contributed by atoms with Crippen LogP contribution in [0.2, 0.25) is 0 Å². The Morgan fingerprint density at radius 1 is 1.10 bits per heavy atom. The Balaban J connectivity index is 1.54. The summed E-state index contributed by atoms with van der Waals surface area (Å²) in [6.07, 6.45) is 2.46. The van der Waals surface area contributed by atoms with Crippen molar-refractivity contribution in [1.29, 1.82) is 0 Å². The Morgan fingerprint density at radius 2 is 1.87 bits per heavy atom. The SMILES string of the molecule is COC(=O)c1ccccc1NC(=O)CCCNC(=O)c1c(C)nc2c(C)cccn12. The molecule has 0 unspecified atom stereocenters. The number of aromatic nitrogens is 2. The lowest BCUT2D eigenvalue weighted by Crippen LogP contribution is -2.27. The summed E-state index contributed by atoms with van der Waals surface area (Å²) >= 11 is 0. The predicted octanol–water partition coefficient (Wildman–Crippen LogP) is 2.89. The van der Waals surface area contributed by atoms with Crippen molar-refractivity contribution in [3.05, 3.63) is 65.1 Å². The maximum Gasteiger partial charge on any atom is 0.339 e. The normalized spacial score (nSPS) is 10.6. The molecule has 8 nitrogen and oxygen atoms in total. The van der Waals surface area contributed by atoms with E-state index in [4.69, 9.17) is 4.74 Å². The Kier molecular flexibility index (Phi) is 6.46. The highest BCUT2D eigenvalue weighted by Crippen LogP contribution is 2.17. The average molecular weight is 408 g/mol. The number of carbonyl (C=O) groups is 3. The van der Waals surface area contributed by atoms with Crippen molar-refractivity contribution < 1.29 is 19.1 Å². The second-order valence-corrected chi connectivity index (χ2v) is 6.88. The van der Waals surface area contributed by atoms with Crippen LogP contribution >= 0.6 is 0 Å². The number of esters is 1. The smallest absolute Gasteiger partial charge is 0.339 e. The number of fused-ring (bicyclic) bond motifs is 1. The fourth-order valence-corrected chi connectivity index (χ4v) is 3.22. The summed E-state index contributed by atoms with van der Waals surface area (Å²) in [5, 5.41) is 5.56. The molecule has 2 N–H and O–H groups in total. The molecule has 3 rings (SSSR count). The first kappa shape index (κ1) is 21.0. The van der Waals surface area contributed by atoms with Crippen LogP contribution in [0, 0.1) is 13.8 Å². The van der Waals surface area contributed by atoms with Gasteiger partial charge in [0, 0.05) is 19.2 Å². The number of carbonyl (C=O) groups excluding carboxylic acids is 3. The zero-order chi connectivity index (χ0) is 21.7. The molecule has 2 aromatic heterocycles. The van der Waals surface area contributed by atoms with Gasteiger partial charge in [0.15, 0.2) is 0 Å².